The van der Waals surface area contributed by atoms with Crippen molar-refractivity contribution in [3.05, 3.63) is 42.2 Å². The SMILES string of the molecule is Cc1ccn(CCNC(=O)Cn2nc3ccccc3n2)n1. The number of nitrogens with zero attached hydrogens (tertiary/aromatic N) is 5. The summed E-state index contributed by atoms with van der Waals surface area (Å²) in [4.78, 5) is 13.3. The molecule has 0 fully saturated rings. The van der Waals surface area contributed by atoms with Crippen LogP contribution in [0.25, 0.3) is 11.0 Å². The Labute approximate surface area is 121 Å². The summed E-state index contributed by atoms with van der Waals surface area (Å²) in [7, 11) is 0. The number of aromatic nitrogens is 5. The van der Waals surface area contributed by atoms with Crippen LogP contribution < -0.4 is 5.32 Å². The van der Waals surface area contributed by atoms with E-state index in [4.69, 9.17) is 0 Å². The van der Waals surface area contributed by atoms with Gasteiger partial charge in [-0.3, -0.25) is 9.48 Å². The van der Waals surface area contributed by atoms with E-state index in [1.54, 1.807) is 4.68 Å². The van der Waals surface area contributed by atoms with Crippen LogP contribution in [0.4, 0.5) is 0 Å². The Balaban J connectivity index is 1.51. The van der Waals surface area contributed by atoms with Crippen molar-refractivity contribution in [2.75, 3.05) is 6.54 Å². The lowest BCUT2D eigenvalue weighted by Crippen LogP contribution is -2.31. The molecule has 108 valence electrons. The maximum atomic E-state index is 11.8. The Morgan fingerprint density at radius 1 is 1.14 bits per heavy atom. The summed E-state index contributed by atoms with van der Waals surface area (Å²) >= 11 is 0. The van der Waals surface area contributed by atoms with Crippen LogP contribution in [0.2, 0.25) is 0 Å². The van der Waals surface area contributed by atoms with Crippen molar-refractivity contribution >= 4 is 16.9 Å². The second-order valence-electron chi connectivity index (χ2n) is 4.79. The molecule has 3 rings (SSSR count). The van der Waals surface area contributed by atoms with Crippen molar-refractivity contribution in [3.8, 4) is 0 Å². The lowest BCUT2D eigenvalue weighted by molar-refractivity contribution is -0.122. The number of benzene rings is 1. The lowest BCUT2D eigenvalue weighted by atomic mass is 10.3. The zero-order valence-electron chi connectivity index (χ0n) is 11.7. The number of nitrogens with one attached hydrogen (secondary N) is 1. The second kappa shape index (κ2) is 5.74. The van der Waals surface area contributed by atoms with Crippen LogP contribution in [-0.2, 0) is 17.9 Å². The van der Waals surface area contributed by atoms with Gasteiger partial charge in [0.05, 0.1) is 12.2 Å². The molecular weight excluding hydrogens is 268 g/mol. The standard InChI is InChI=1S/C14H16N6O/c1-11-6-8-19(16-11)9-7-15-14(21)10-20-17-12-4-2-3-5-13(12)18-20/h2-6,8H,7,9-10H2,1H3,(H,15,21). The number of carbonyl (C=O) groups excluding carboxylic acids is 1. The van der Waals surface area contributed by atoms with E-state index >= 15 is 0 Å². The first kappa shape index (κ1) is 13.3. The van der Waals surface area contributed by atoms with E-state index in [1.165, 1.54) is 4.80 Å². The van der Waals surface area contributed by atoms with Gasteiger partial charge in [-0.1, -0.05) is 12.1 Å². The van der Waals surface area contributed by atoms with Gasteiger partial charge in [-0.25, -0.2) is 0 Å². The normalized spacial score (nSPS) is 10.9. The van der Waals surface area contributed by atoms with Crippen LogP contribution in [0, 0.1) is 6.92 Å². The third kappa shape index (κ3) is 3.25. The molecule has 7 heteroatoms. The van der Waals surface area contributed by atoms with E-state index in [1.807, 2.05) is 43.5 Å². The lowest BCUT2D eigenvalue weighted by Gasteiger charge is -2.04. The van der Waals surface area contributed by atoms with Crippen molar-refractivity contribution in [2.45, 2.75) is 20.0 Å². The van der Waals surface area contributed by atoms with Gasteiger partial charge in [0.2, 0.25) is 5.91 Å². The average Bonchev–Trinajstić information content (AvgIpc) is 3.04. The largest absolute Gasteiger partial charge is 0.353 e. The molecule has 0 saturated carbocycles. The molecule has 2 aromatic heterocycles. The van der Waals surface area contributed by atoms with Gasteiger partial charge < -0.3 is 5.32 Å². The van der Waals surface area contributed by atoms with Crippen LogP contribution in [-0.4, -0.2) is 37.2 Å². The van der Waals surface area contributed by atoms with E-state index in [2.05, 4.69) is 20.6 Å². The Bertz CT molecular complexity index is 727. The molecule has 0 saturated heterocycles. The summed E-state index contributed by atoms with van der Waals surface area (Å²) in [6.07, 6.45) is 1.89. The molecule has 1 amide bonds. The highest BCUT2D eigenvalue weighted by molar-refractivity contribution is 5.76. The number of carbonyl (C=O) groups is 1. The zero-order chi connectivity index (χ0) is 14.7. The fourth-order valence-corrected chi connectivity index (χ4v) is 2.06. The molecule has 0 bridgehead atoms. The van der Waals surface area contributed by atoms with E-state index in [-0.39, 0.29) is 12.5 Å². The minimum absolute atomic E-state index is 0.112. The quantitative estimate of drug-likeness (QED) is 0.750. The summed E-state index contributed by atoms with van der Waals surface area (Å²) in [6.45, 7) is 3.23. The highest BCUT2D eigenvalue weighted by atomic mass is 16.2. The molecule has 1 N–H and O–H groups in total. The summed E-state index contributed by atoms with van der Waals surface area (Å²) in [6, 6.07) is 9.47. The number of hydrogen-bond donors (Lipinski definition) is 1. The van der Waals surface area contributed by atoms with Gasteiger partial charge in [0.15, 0.2) is 0 Å². The van der Waals surface area contributed by atoms with E-state index in [9.17, 15) is 4.79 Å². The maximum absolute atomic E-state index is 11.8. The molecule has 0 aliphatic heterocycles. The van der Waals surface area contributed by atoms with Crippen molar-refractivity contribution in [1.29, 1.82) is 0 Å². The smallest absolute Gasteiger partial charge is 0.243 e. The minimum atomic E-state index is -0.112. The van der Waals surface area contributed by atoms with E-state index in [0.717, 1.165) is 16.7 Å². The first-order valence-corrected chi connectivity index (χ1v) is 6.77. The predicted octanol–water partition coefficient (Wildman–Crippen LogP) is 0.753. The van der Waals surface area contributed by atoms with Crippen LogP contribution in [0.5, 0.6) is 0 Å². The first-order chi connectivity index (χ1) is 10.2. The summed E-state index contributed by atoms with van der Waals surface area (Å²) in [5, 5.41) is 15.6. The Morgan fingerprint density at radius 3 is 2.48 bits per heavy atom. The molecule has 0 spiro atoms. The van der Waals surface area contributed by atoms with Gasteiger partial charge in [0.25, 0.3) is 0 Å². The van der Waals surface area contributed by atoms with E-state index < -0.39 is 0 Å². The van der Waals surface area contributed by atoms with Crippen molar-refractivity contribution in [2.24, 2.45) is 0 Å². The number of aryl methyl sites for hydroxylation is 1. The summed E-state index contributed by atoms with van der Waals surface area (Å²) < 4.78 is 1.80. The van der Waals surface area contributed by atoms with Crippen LogP contribution in [0.3, 0.4) is 0 Å². The number of hydrogen-bond acceptors (Lipinski definition) is 4. The van der Waals surface area contributed by atoms with Gasteiger partial charge in [0, 0.05) is 12.7 Å². The fraction of sp³-hybridized carbons (Fsp3) is 0.286. The molecular formula is C14H16N6O. The Kier molecular flexibility index (Phi) is 3.63. The van der Waals surface area contributed by atoms with Crippen molar-refractivity contribution < 1.29 is 4.79 Å². The molecule has 1 aromatic carbocycles. The fourth-order valence-electron chi connectivity index (χ4n) is 2.06. The Morgan fingerprint density at radius 2 is 1.86 bits per heavy atom. The first-order valence-electron chi connectivity index (χ1n) is 6.77. The monoisotopic (exact) mass is 284 g/mol. The third-order valence-electron chi connectivity index (χ3n) is 3.05. The number of rotatable bonds is 5. The van der Waals surface area contributed by atoms with Gasteiger partial charge in [0.1, 0.15) is 17.6 Å². The third-order valence-corrected chi connectivity index (χ3v) is 3.05. The van der Waals surface area contributed by atoms with Gasteiger partial charge in [-0.05, 0) is 25.1 Å². The highest BCUT2D eigenvalue weighted by Crippen LogP contribution is 2.06. The molecule has 0 atom stereocenters. The molecule has 2 heterocycles. The second-order valence-corrected chi connectivity index (χ2v) is 4.79. The predicted molar refractivity (Wildman–Crippen MR) is 77.5 cm³/mol. The summed E-state index contributed by atoms with van der Waals surface area (Å²) in [5.41, 5.74) is 2.54. The van der Waals surface area contributed by atoms with Crippen LogP contribution >= 0.6 is 0 Å². The molecule has 21 heavy (non-hydrogen) atoms. The molecule has 3 aromatic rings. The molecule has 0 radical (unpaired) electrons. The van der Waals surface area contributed by atoms with Gasteiger partial charge >= 0.3 is 0 Å². The van der Waals surface area contributed by atoms with E-state index in [0.29, 0.717) is 13.1 Å². The van der Waals surface area contributed by atoms with Crippen LogP contribution in [0.1, 0.15) is 5.69 Å². The van der Waals surface area contributed by atoms with Crippen molar-refractivity contribution in [3.63, 3.8) is 0 Å². The highest BCUT2D eigenvalue weighted by Gasteiger charge is 2.06. The van der Waals surface area contributed by atoms with Crippen molar-refractivity contribution in [1.82, 2.24) is 30.1 Å². The molecule has 0 aliphatic rings. The molecule has 7 nitrogen and oxygen atoms in total. The number of amides is 1. The maximum Gasteiger partial charge on any atom is 0.243 e. The average molecular weight is 284 g/mol. The van der Waals surface area contributed by atoms with Gasteiger partial charge in [-0.15, -0.1) is 0 Å². The topological polar surface area (TPSA) is 77.6 Å². The summed E-state index contributed by atoms with van der Waals surface area (Å²) in [5.74, 6) is -0.112. The Hall–Kier alpha value is -2.70. The van der Waals surface area contributed by atoms with Gasteiger partial charge in [-0.2, -0.15) is 20.1 Å². The van der Waals surface area contributed by atoms with Crippen LogP contribution in [0.15, 0.2) is 36.5 Å². The molecule has 0 unspecified atom stereocenters. The molecule has 0 aliphatic carbocycles. The number of fused-ring (bicyclic) bond motifs is 1. The zero-order valence-corrected chi connectivity index (χ0v) is 11.7. The minimum Gasteiger partial charge on any atom is -0.353 e.